The lowest BCUT2D eigenvalue weighted by atomic mass is 10.1. The Kier molecular flexibility index (Phi) is 4.29. The number of halogens is 1. The Morgan fingerprint density at radius 1 is 1.24 bits per heavy atom. The standard InChI is InChI=1S/C19H23FN4O/c1-22-12-15(11-21-22)13-23-7-5-18-17(23)6-8-24(18)19(25)10-14-3-2-4-16(20)9-14/h2-4,9,11-12,17-18H,5-8,10,13H2,1H3/t17-,18-/m0/s1. The summed E-state index contributed by atoms with van der Waals surface area (Å²) in [5.74, 6) is -0.172. The van der Waals surface area contributed by atoms with Gasteiger partial charge in [-0.15, -0.1) is 0 Å². The van der Waals surface area contributed by atoms with Crippen molar-refractivity contribution >= 4 is 5.91 Å². The molecule has 2 aliphatic rings. The van der Waals surface area contributed by atoms with Gasteiger partial charge in [0.15, 0.2) is 0 Å². The van der Waals surface area contributed by atoms with E-state index in [4.69, 9.17) is 0 Å². The van der Waals surface area contributed by atoms with Crippen molar-refractivity contribution in [2.24, 2.45) is 7.05 Å². The van der Waals surface area contributed by atoms with Crippen molar-refractivity contribution < 1.29 is 9.18 Å². The van der Waals surface area contributed by atoms with Crippen LogP contribution in [0, 0.1) is 5.82 Å². The average molecular weight is 342 g/mol. The summed E-state index contributed by atoms with van der Waals surface area (Å²) < 4.78 is 15.2. The third-order valence-corrected chi connectivity index (χ3v) is 5.40. The van der Waals surface area contributed by atoms with E-state index < -0.39 is 0 Å². The van der Waals surface area contributed by atoms with Gasteiger partial charge >= 0.3 is 0 Å². The van der Waals surface area contributed by atoms with E-state index >= 15 is 0 Å². The van der Waals surface area contributed by atoms with Crippen LogP contribution in [0.5, 0.6) is 0 Å². The number of hydrogen-bond acceptors (Lipinski definition) is 3. The molecule has 0 spiro atoms. The summed E-state index contributed by atoms with van der Waals surface area (Å²) in [5.41, 5.74) is 1.96. The maximum atomic E-state index is 13.3. The molecule has 2 saturated heterocycles. The Balaban J connectivity index is 1.40. The van der Waals surface area contributed by atoms with Crippen LogP contribution in [0.25, 0.3) is 0 Å². The Bertz CT molecular complexity index is 774. The van der Waals surface area contributed by atoms with Gasteiger partial charge in [0.25, 0.3) is 0 Å². The number of amides is 1. The van der Waals surface area contributed by atoms with Crippen LogP contribution >= 0.6 is 0 Å². The molecule has 2 aromatic rings. The lowest BCUT2D eigenvalue weighted by molar-refractivity contribution is -0.131. The van der Waals surface area contributed by atoms with E-state index in [0.717, 1.165) is 38.0 Å². The predicted octanol–water partition coefficient (Wildman–Crippen LogP) is 1.98. The van der Waals surface area contributed by atoms with E-state index in [2.05, 4.69) is 16.2 Å². The first kappa shape index (κ1) is 16.3. The summed E-state index contributed by atoms with van der Waals surface area (Å²) >= 11 is 0. The van der Waals surface area contributed by atoms with E-state index in [1.165, 1.54) is 17.7 Å². The van der Waals surface area contributed by atoms with Crippen LogP contribution in [-0.2, 0) is 24.8 Å². The number of likely N-dealkylation sites (tertiary alicyclic amines) is 2. The minimum atomic E-state index is -0.284. The summed E-state index contributed by atoms with van der Waals surface area (Å²) in [6, 6.07) is 7.06. The SMILES string of the molecule is Cn1cc(CN2CC[C@H]3[C@@H]2CCN3C(=O)Cc2cccc(F)c2)cn1. The van der Waals surface area contributed by atoms with E-state index in [1.807, 2.05) is 28.9 Å². The highest BCUT2D eigenvalue weighted by molar-refractivity contribution is 5.79. The second-order valence-electron chi connectivity index (χ2n) is 7.10. The summed E-state index contributed by atoms with van der Waals surface area (Å²) in [7, 11) is 1.93. The molecule has 0 N–H and O–H groups in total. The average Bonchev–Trinajstić information content (AvgIpc) is 3.25. The fourth-order valence-electron chi connectivity index (χ4n) is 4.29. The molecule has 1 amide bonds. The molecule has 2 fully saturated rings. The second kappa shape index (κ2) is 6.59. The molecule has 132 valence electrons. The fourth-order valence-corrected chi connectivity index (χ4v) is 4.29. The molecular weight excluding hydrogens is 319 g/mol. The molecule has 1 aromatic carbocycles. The van der Waals surface area contributed by atoms with Gasteiger partial charge in [0.1, 0.15) is 5.82 Å². The first-order valence-electron chi connectivity index (χ1n) is 8.85. The van der Waals surface area contributed by atoms with E-state index in [0.29, 0.717) is 6.04 Å². The second-order valence-corrected chi connectivity index (χ2v) is 7.10. The van der Waals surface area contributed by atoms with Gasteiger partial charge < -0.3 is 4.90 Å². The number of carbonyl (C=O) groups excluding carboxylic acids is 1. The molecule has 0 bridgehead atoms. The van der Waals surface area contributed by atoms with Crippen LogP contribution in [0.4, 0.5) is 4.39 Å². The van der Waals surface area contributed by atoms with Gasteiger partial charge in [0.05, 0.1) is 12.6 Å². The zero-order valence-corrected chi connectivity index (χ0v) is 14.4. The molecule has 4 rings (SSSR count). The first-order chi connectivity index (χ1) is 12.1. The molecule has 0 unspecified atom stereocenters. The molecular formula is C19H23FN4O. The third-order valence-electron chi connectivity index (χ3n) is 5.40. The monoisotopic (exact) mass is 342 g/mol. The van der Waals surface area contributed by atoms with Gasteiger partial charge in [-0.1, -0.05) is 12.1 Å². The van der Waals surface area contributed by atoms with Crippen LogP contribution < -0.4 is 0 Å². The number of aryl methyl sites for hydroxylation is 1. The topological polar surface area (TPSA) is 41.4 Å². The van der Waals surface area contributed by atoms with Crippen molar-refractivity contribution in [3.8, 4) is 0 Å². The minimum absolute atomic E-state index is 0.112. The molecule has 25 heavy (non-hydrogen) atoms. The van der Waals surface area contributed by atoms with Gasteiger partial charge in [-0.3, -0.25) is 14.4 Å². The number of carbonyl (C=O) groups is 1. The van der Waals surface area contributed by atoms with E-state index in [-0.39, 0.29) is 24.2 Å². The van der Waals surface area contributed by atoms with Crippen LogP contribution in [-0.4, -0.2) is 50.7 Å². The molecule has 2 atom stereocenters. The van der Waals surface area contributed by atoms with Gasteiger partial charge in [0, 0.05) is 50.5 Å². The number of hydrogen-bond donors (Lipinski definition) is 0. The van der Waals surface area contributed by atoms with E-state index in [1.54, 1.807) is 6.07 Å². The lowest BCUT2D eigenvalue weighted by Crippen LogP contribution is -2.40. The van der Waals surface area contributed by atoms with Gasteiger partial charge in [0.2, 0.25) is 5.91 Å². The summed E-state index contributed by atoms with van der Waals surface area (Å²) in [4.78, 5) is 17.2. The zero-order valence-electron chi connectivity index (χ0n) is 14.4. The van der Waals surface area contributed by atoms with Crippen LogP contribution in [0.3, 0.4) is 0 Å². The van der Waals surface area contributed by atoms with Crippen LogP contribution in [0.2, 0.25) is 0 Å². The molecule has 0 radical (unpaired) electrons. The lowest BCUT2D eigenvalue weighted by Gasteiger charge is -2.25. The minimum Gasteiger partial charge on any atom is -0.338 e. The van der Waals surface area contributed by atoms with Crippen molar-refractivity contribution in [2.45, 2.75) is 37.9 Å². The van der Waals surface area contributed by atoms with Gasteiger partial charge in [-0.25, -0.2) is 4.39 Å². The number of rotatable bonds is 4. The molecule has 0 aliphatic carbocycles. The molecule has 6 heteroatoms. The number of benzene rings is 1. The van der Waals surface area contributed by atoms with Crippen molar-refractivity contribution in [2.75, 3.05) is 13.1 Å². The zero-order chi connectivity index (χ0) is 17.4. The van der Waals surface area contributed by atoms with Gasteiger partial charge in [-0.2, -0.15) is 5.10 Å². The molecule has 1 aromatic heterocycles. The predicted molar refractivity (Wildman–Crippen MR) is 92.2 cm³/mol. The highest BCUT2D eigenvalue weighted by atomic mass is 19.1. The largest absolute Gasteiger partial charge is 0.338 e. The maximum absolute atomic E-state index is 13.3. The number of aromatic nitrogens is 2. The van der Waals surface area contributed by atoms with Crippen molar-refractivity contribution in [3.63, 3.8) is 0 Å². The molecule has 0 saturated carbocycles. The van der Waals surface area contributed by atoms with Crippen LogP contribution in [0.15, 0.2) is 36.7 Å². The molecule has 2 aliphatic heterocycles. The number of nitrogens with zero attached hydrogens (tertiary/aromatic N) is 4. The maximum Gasteiger partial charge on any atom is 0.227 e. The van der Waals surface area contributed by atoms with Crippen LogP contribution in [0.1, 0.15) is 24.0 Å². The Hall–Kier alpha value is -2.21. The normalized spacial score (nSPS) is 23.2. The smallest absolute Gasteiger partial charge is 0.227 e. The van der Waals surface area contributed by atoms with Crippen molar-refractivity contribution in [1.82, 2.24) is 19.6 Å². The Morgan fingerprint density at radius 2 is 2.08 bits per heavy atom. The summed E-state index contributed by atoms with van der Waals surface area (Å²) in [5, 5.41) is 4.24. The Labute approximate surface area is 147 Å². The van der Waals surface area contributed by atoms with Crippen molar-refractivity contribution in [3.05, 3.63) is 53.6 Å². The van der Waals surface area contributed by atoms with Crippen molar-refractivity contribution in [1.29, 1.82) is 0 Å². The summed E-state index contributed by atoms with van der Waals surface area (Å²) in [6.45, 7) is 2.70. The fraction of sp³-hybridized carbons (Fsp3) is 0.474. The quantitative estimate of drug-likeness (QED) is 0.853. The Morgan fingerprint density at radius 3 is 2.84 bits per heavy atom. The first-order valence-corrected chi connectivity index (χ1v) is 8.85. The number of fused-ring (bicyclic) bond motifs is 1. The molecule has 3 heterocycles. The molecule has 5 nitrogen and oxygen atoms in total. The highest BCUT2D eigenvalue weighted by Gasteiger charge is 2.43. The summed E-state index contributed by atoms with van der Waals surface area (Å²) in [6.07, 6.45) is 6.27. The van der Waals surface area contributed by atoms with E-state index in [9.17, 15) is 9.18 Å². The highest BCUT2D eigenvalue weighted by Crippen LogP contribution is 2.33. The third kappa shape index (κ3) is 3.31. The van der Waals surface area contributed by atoms with Gasteiger partial charge in [-0.05, 0) is 30.5 Å².